The van der Waals surface area contributed by atoms with Gasteiger partial charge in [-0.3, -0.25) is 0 Å². The molecule has 1 aromatic rings. The number of hydrogen-bond acceptors (Lipinski definition) is 1. The van der Waals surface area contributed by atoms with Gasteiger partial charge in [0.2, 0.25) is 0 Å². The molecule has 0 saturated heterocycles. The summed E-state index contributed by atoms with van der Waals surface area (Å²) >= 11 is 0. The lowest BCUT2D eigenvalue weighted by Gasteiger charge is -2.35. The van der Waals surface area contributed by atoms with Gasteiger partial charge in [0.25, 0.3) is 0 Å². The Bertz CT molecular complexity index is 421. The van der Waals surface area contributed by atoms with E-state index < -0.39 is 0 Å². The smallest absolute Gasteiger partial charge is 0.0325 e. The second-order valence-electron chi connectivity index (χ2n) is 6.74. The summed E-state index contributed by atoms with van der Waals surface area (Å²) in [6.45, 7) is 4.85. The van der Waals surface area contributed by atoms with Gasteiger partial charge in [-0.2, -0.15) is 0 Å². The first kappa shape index (κ1) is 12.2. The number of hydrogen-bond donors (Lipinski definition) is 1. The van der Waals surface area contributed by atoms with Crippen molar-refractivity contribution in [2.45, 2.75) is 64.5 Å². The van der Waals surface area contributed by atoms with Crippen molar-refractivity contribution in [1.82, 2.24) is 5.32 Å². The minimum atomic E-state index is 0.479. The Balaban J connectivity index is 1.78. The Labute approximate surface area is 111 Å². The van der Waals surface area contributed by atoms with E-state index in [0.717, 1.165) is 0 Å². The number of benzene rings is 1. The summed E-state index contributed by atoms with van der Waals surface area (Å²) in [5, 5.41) is 3.96. The third-order valence-corrected chi connectivity index (χ3v) is 5.03. The van der Waals surface area contributed by atoms with Crippen LogP contribution in [0.4, 0.5) is 0 Å². The molecule has 1 N–H and O–H groups in total. The first-order valence-electron chi connectivity index (χ1n) is 7.51. The van der Waals surface area contributed by atoms with Gasteiger partial charge in [0.1, 0.15) is 0 Å². The van der Waals surface area contributed by atoms with Crippen molar-refractivity contribution in [2.24, 2.45) is 5.41 Å². The van der Waals surface area contributed by atoms with Gasteiger partial charge in [-0.1, -0.05) is 44.5 Å². The molecule has 0 spiro atoms. The summed E-state index contributed by atoms with van der Waals surface area (Å²) < 4.78 is 0. The molecule has 1 saturated carbocycles. The molecule has 0 aromatic heterocycles. The maximum absolute atomic E-state index is 3.96. The van der Waals surface area contributed by atoms with E-state index in [1.165, 1.54) is 38.5 Å². The fourth-order valence-corrected chi connectivity index (χ4v) is 3.81. The first-order chi connectivity index (χ1) is 8.67. The summed E-state index contributed by atoms with van der Waals surface area (Å²) in [5.41, 5.74) is 3.61. The molecular weight excluding hydrogens is 218 g/mol. The predicted molar refractivity (Wildman–Crippen MR) is 76.7 cm³/mol. The second-order valence-corrected chi connectivity index (χ2v) is 6.74. The molecule has 1 heteroatoms. The average molecular weight is 243 g/mol. The molecule has 1 aromatic carbocycles. The Kier molecular flexibility index (Phi) is 3.19. The van der Waals surface area contributed by atoms with Gasteiger partial charge in [0, 0.05) is 12.1 Å². The number of fused-ring (bicyclic) bond motifs is 1. The number of nitrogens with one attached hydrogen (secondary N) is 1. The summed E-state index contributed by atoms with van der Waals surface area (Å²) in [6.07, 6.45) is 8.03. The van der Waals surface area contributed by atoms with Crippen LogP contribution in [0.25, 0.3) is 0 Å². The van der Waals surface area contributed by atoms with Crippen LogP contribution in [0.3, 0.4) is 0 Å². The molecule has 2 atom stereocenters. The van der Waals surface area contributed by atoms with Crippen molar-refractivity contribution in [3.05, 3.63) is 35.4 Å². The van der Waals surface area contributed by atoms with E-state index in [4.69, 9.17) is 0 Å². The largest absolute Gasteiger partial charge is 0.307 e. The Morgan fingerprint density at radius 3 is 2.72 bits per heavy atom. The lowest BCUT2D eigenvalue weighted by Crippen LogP contribution is -2.41. The van der Waals surface area contributed by atoms with E-state index in [1.807, 2.05) is 0 Å². The molecule has 18 heavy (non-hydrogen) atoms. The van der Waals surface area contributed by atoms with Crippen LogP contribution >= 0.6 is 0 Å². The molecule has 0 amide bonds. The third kappa shape index (κ3) is 2.21. The van der Waals surface area contributed by atoms with E-state index in [-0.39, 0.29) is 0 Å². The van der Waals surface area contributed by atoms with Crippen molar-refractivity contribution in [3.8, 4) is 0 Å². The monoisotopic (exact) mass is 243 g/mol. The van der Waals surface area contributed by atoms with Crippen molar-refractivity contribution in [1.29, 1.82) is 0 Å². The molecule has 2 unspecified atom stereocenters. The zero-order chi connectivity index (χ0) is 12.6. The molecular formula is C17H25N. The predicted octanol–water partition coefficient (Wildman–Crippen LogP) is 4.23. The van der Waals surface area contributed by atoms with Crippen molar-refractivity contribution in [2.75, 3.05) is 0 Å². The van der Waals surface area contributed by atoms with Crippen LogP contribution in [0.15, 0.2) is 24.3 Å². The Hall–Kier alpha value is -0.820. The van der Waals surface area contributed by atoms with Crippen LogP contribution in [0.1, 0.15) is 63.1 Å². The zero-order valence-corrected chi connectivity index (χ0v) is 11.7. The van der Waals surface area contributed by atoms with Gasteiger partial charge in [0.15, 0.2) is 0 Å². The highest BCUT2D eigenvalue weighted by atomic mass is 15.0. The SMILES string of the molecule is CC1(C)CCCC1NC1CCCc2ccccc21. The molecule has 1 nitrogen and oxygen atoms in total. The maximum Gasteiger partial charge on any atom is 0.0325 e. The molecule has 0 bridgehead atoms. The van der Waals surface area contributed by atoms with Gasteiger partial charge in [0.05, 0.1) is 0 Å². The van der Waals surface area contributed by atoms with Crippen molar-refractivity contribution < 1.29 is 0 Å². The van der Waals surface area contributed by atoms with Gasteiger partial charge in [-0.25, -0.2) is 0 Å². The van der Waals surface area contributed by atoms with Crippen LogP contribution in [0.2, 0.25) is 0 Å². The van der Waals surface area contributed by atoms with Crippen LogP contribution in [-0.2, 0) is 6.42 Å². The highest BCUT2D eigenvalue weighted by molar-refractivity contribution is 5.32. The molecule has 0 radical (unpaired) electrons. The fourth-order valence-electron chi connectivity index (χ4n) is 3.81. The van der Waals surface area contributed by atoms with E-state index in [0.29, 0.717) is 17.5 Å². The summed E-state index contributed by atoms with van der Waals surface area (Å²) in [4.78, 5) is 0. The van der Waals surface area contributed by atoms with Crippen molar-refractivity contribution in [3.63, 3.8) is 0 Å². The summed E-state index contributed by atoms with van der Waals surface area (Å²) in [7, 11) is 0. The molecule has 0 aliphatic heterocycles. The fraction of sp³-hybridized carbons (Fsp3) is 0.647. The van der Waals surface area contributed by atoms with E-state index in [9.17, 15) is 0 Å². The lowest BCUT2D eigenvalue weighted by atomic mass is 9.83. The quantitative estimate of drug-likeness (QED) is 0.819. The minimum absolute atomic E-state index is 0.479. The third-order valence-electron chi connectivity index (χ3n) is 5.03. The summed E-state index contributed by atoms with van der Waals surface area (Å²) in [6, 6.07) is 10.3. The van der Waals surface area contributed by atoms with Crippen LogP contribution in [0.5, 0.6) is 0 Å². The van der Waals surface area contributed by atoms with Crippen LogP contribution in [-0.4, -0.2) is 6.04 Å². The molecule has 1 fully saturated rings. The van der Waals surface area contributed by atoms with Crippen molar-refractivity contribution >= 4 is 0 Å². The molecule has 3 rings (SSSR count). The molecule has 2 aliphatic carbocycles. The first-order valence-corrected chi connectivity index (χ1v) is 7.51. The maximum atomic E-state index is 3.96. The van der Waals surface area contributed by atoms with E-state index >= 15 is 0 Å². The highest BCUT2D eigenvalue weighted by Crippen LogP contribution is 2.40. The topological polar surface area (TPSA) is 12.0 Å². The van der Waals surface area contributed by atoms with Gasteiger partial charge < -0.3 is 5.32 Å². The molecule has 98 valence electrons. The normalized spacial score (nSPS) is 30.1. The Morgan fingerprint density at radius 1 is 1.11 bits per heavy atom. The molecule has 2 aliphatic rings. The van der Waals surface area contributed by atoms with Crippen LogP contribution < -0.4 is 5.32 Å². The van der Waals surface area contributed by atoms with Crippen LogP contribution in [0, 0.1) is 5.41 Å². The number of aryl methyl sites for hydroxylation is 1. The Morgan fingerprint density at radius 2 is 1.94 bits per heavy atom. The number of rotatable bonds is 2. The van der Waals surface area contributed by atoms with E-state index in [1.54, 1.807) is 11.1 Å². The molecule has 0 heterocycles. The standard InChI is InChI=1S/C17H25N/c1-17(2)12-6-11-16(17)18-15-10-5-8-13-7-3-4-9-14(13)15/h3-4,7,9,15-16,18H,5-6,8,10-12H2,1-2H3. The highest BCUT2D eigenvalue weighted by Gasteiger charge is 2.36. The summed E-state index contributed by atoms with van der Waals surface area (Å²) in [5.74, 6) is 0. The lowest BCUT2D eigenvalue weighted by molar-refractivity contribution is 0.252. The zero-order valence-electron chi connectivity index (χ0n) is 11.7. The van der Waals surface area contributed by atoms with Gasteiger partial charge in [-0.15, -0.1) is 0 Å². The van der Waals surface area contributed by atoms with Gasteiger partial charge >= 0.3 is 0 Å². The van der Waals surface area contributed by atoms with Gasteiger partial charge in [-0.05, 0) is 48.6 Å². The second kappa shape index (κ2) is 4.70. The minimum Gasteiger partial charge on any atom is -0.307 e. The average Bonchev–Trinajstić information content (AvgIpc) is 2.69. The van der Waals surface area contributed by atoms with E-state index in [2.05, 4.69) is 43.4 Å².